The number of rotatable bonds is 12. The van der Waals surface area contributed by atoms with E-state index in [1.54, 1.807) is 11.5 Å². The number of amides is 3. The zero-order valence-corrected chi connectivity index (χ0v) is 29.0. The van der Waals surface area contributed by atoms with Crippen molar-refractivity contribution >= 4 is 45.6 Å². The van der Waals surface area contributed by atoms with Crippen LogP contribution >= 0.6 is 0 Å². The molecule has 5 aromatic rings. The predicted octanol–water partition coefficient (Wildman–Crippen LogP) is 6.41. The van der Waals surface area contributed by atoms with Crippen LogP contribution in [0.5, 0.6) is 0 Å². The molecule has 0 fully saturated rings. The molecule has 52 heavy (non-hydrogen) atoms. The molecule has 0 aliphatic carbocycles. The summed E-state index contributed by atoms with van der Waals surface area (Å²) < 4.78 is 6.42. The van der Waals surface area contributed by atoms with Gasteiger partial charge in [0.05, 0.1) is 29.0 Å². The number of hydrogen-bond donors (Lipinski definition) is 2. The Labute approximate surface area is 299 Å². The first-order valence-electron chi connectivity index (χ1n) is 17.5. The van der Waals surface area contributed by atoms with Crippen molar-refractivity contribution in [2.24, 2.45) is 0 Å². The van der Waals surface area contributed by atoms with Crippen molar-refractivity contribution in [2.45, 2.75) is 65.6 Å². The van der Waals surface area contributed by atoms with E-state index in [0.717, 1.165) is 73.7 Å². The molecule has 0 saturated heterocycles. The summed E-state index contributed by atoms with van der Waals surface area (Å²) >= 11 is 0. The first-order chi connectivity index (χ1) is 25.1. The summed E-state index contributed by atoms with van der Waals surface area (Å²) in [5.41, 5.74) is 8.27. The summed E-state index contributed by atoms with van der Waals surface area (Å²) in [6, 6.07) is 20.5. The van der Waals surface area contributed by atoms with Crippen LogP contribution in [-0.4, -0.2) is 50.0 Å². The molecule has 11 heteroatoms. The Hall–Kier alpha value is -6.10. The Kier molecular flexibility index (Phi) is 9.42. The standard InChI is InChI=1S/C41H38N4O7/c1-3-29-31-22-45-34(19-24(2)32(40(45)49)23-52-41(50)51)39(31)43-33-15-14-27-12-13-28(20-30(27)38(29)33)26-10-8-25(9-11-26)21-42-35(46)7-5-4-6-18-44-36(47)16-17-37(44)48/h8-17,19-20H,3-7,18,21-23H2,1-2H3,(H,42,46)(H,50,51). The number of fused-ring (bicyclic) bond motifs is 6. The molecule has 0 spiro atoms. The van der Waals surface area contributed by atoms with Gasteiger partial charge in [0.25, 0.3) is 17.4 Å². The molecule has 3 amide bonds. The van der Waals surface area contributed by atoms with Crippen molar-refractivity contribution in [3.8, 4) is 22.5 Å². The van der Waals surface area contributed by atoms with Crippen molar-refractivity contribution in [3.05, 3.63) is 111 Å². The van der Waals surface area contributed by atoms with Crippen molar-refractivity contribution in [1.29, 1.82) is 0 Å². The number of carbonyl (C=O) groups is 4. The van der Waals surface area contributed by atoms with Crippen LogP contribution in [0.1, 0.15) is 60.4 Å². The molecule has 11 nitrogen and oxygen atoms in total. The van der Waals surface area contributed by atoms with Crippen LogP contribution in [0.15, 0.2) is 77.6 Å². The summed E-state index contributed by atoms with van der Waals surface area (Å²) in [5.74, 6) is -0.594. The van der Waals surface area contributed by atoms with Crippen LogP contribution in [0.4, 0.5) is 4.79 Å². The smallest absolute Gasteiger partial charge is 0.450 e. The Balaban J connectivity index is 1.06. The van der Waals surface area contributed by atoms with Gasteiger partial charge in [0, 0.05) is 42.6 Å². The first-order valence-corrected chi connectivity index (χ1v) is 17.5. The Morgan fingerprint density at radius 2 is 1.63 bits per heavy atom. The molecule has 2 aliphatic heterocycles. The number of pyridine rings is 2. The molecule has 2 N–H and O–H groups in total. The number of carbonyl (C=O) groups excluding carboxylic acids is 3. The van der Waals surface area contributed by atoms with Gasteiger partial charge in [0.2, 0.25) is 5.91 Å². The molecule has 4 heterocycles. The van der Waals surface area contributed by atoms with E-state index in [4.69, 9.17) is 14.8 Å². The van der Waals surface area contributed by atoms with E-state index in [2.05, 4.69) is 48.6 Å². The van der Waals surface area contributed by atoms with E-state index in [1.807, 2.05) is 24.3 Å². The number of imide groups is 1. The zero-order chi connectivity index (χ0) is 36.5. The van der Waals surface area contributed by atoms with E-state index in [-0.39, 0.29) is 29.9 Å². The topological polar surface area (TPSA) is 148 Å². The Bertz CT molecular complexity index is 2360. The molecular formula is C41H38N4O7. The monoisotopic (exact) mass is 698 g/mol. The maximum atomic E-state index is 13.5. The molecule has 2 aliphatic rings. The Morgan fingerprint density at radius 1 is 0.904 bits per heavy atom. The van der Waals surface area contributed by atoms with Crippen molar-refractivity contribution in [1.82, 2.24) is 19.8 Å². The lowest BCUT2D eigenvalue weighted by atomic mass is 9.92. The molecule has 0 radical (unpaired) electrons. The van der Waals surface area contributed by atoms with Crippen LogP contribution < -0.4 is 10.9 Å². The van der Waals surface area contributed by atoms with Gasteiger partial charge in [-0.1, -0.05) is 55.8 Å². The predicted molar refractivity (Wildman–Crippen MR) is 197 cm³/mol. The summed E-state index contributed by atoms with van der Waals surface area (Å²) in [4.78, 5) is 66.6. The Morgan fingerprint density at radius 3 is 2.37 bits per heavy atom. The minimum Gasteiger partial charge on any atom is -0.450 e. The van der Waals surface area contributed by atoms with Gasteiger partial charge in [-0.15, -0.1) is 0 Å². The second-order valence-electron chi connectivity index (χ2n) is 13.2. The molecular weight excluding hydrogens is 660 g/mol. The second kappa shape index (κ2) is 14.3. The second-order valence-corrected chi connectivity index (χ2v) is 13.2. The minimum absolute atomic E-state index is 0.0388. The minimum atomic E-state index is -1.42. The highest BCUT2D eigenvalue weighted by Gasteiger charge is 2.28. The van der Waals surface area contributed by atoms with Gasteiger partial charge in [-0.25, -0.2) is 9.78 Å². The highest BCUT2D eigenvalue weighted by atomic mass is 16.7. The number of hydrogen-bond acceptors (Lipinski definition) is 7. The lowest BCUT2D eigenvalue weighted by molar-refractivity contribution is -0.137. The van der Waals surface area contributed by atoms with Crippen molar-refractivity contribution in [3.63, 3.8) is 0 Å². The van der Waals surface area contributed by atoms with Crippen molar-refractivity contribution in [2.75, 3.05) is 6.54 Å². The fourth-order valence-electron chi connectivity index (χ4n) is 7.27. The van der Waals surface area contributed by atoms with Crippen LogP contribution in [0, 0.1) is 6.92 Å². The number of nitrogens with zero attached hydrogens (tertiary/aromatic N) is 3. The van der Waals surface area contributed by atoms with Gasteiger partial charge in [-0.3, -0.25) is 24.1 Å². The van der Waals surface area contributed by atoms with Crippen LogP contribution in [0.3, 0.4) is 0 Å². The first kappa shape index (κ1) is 34.4. The largest absolute Gasteiger partial charge is 0.506 e. The molecule has 264 valence electrons. The van der Waals surface area contributed by atoms with Crippen LogP contribution in [-0.2, 0) is 45.2 Å². The van der Waals surface area contributed by atoms with Gasteiger partial charge in [-0.05, 0) is 83.0 Å². The summed E-state index contributed by atoms with van der Waals surface area (Å²) in [6.45, 7) is 4.74. The van der Waals surface area contributed by atoms with E-state index < -0.39 is 6.16 Å². The van der Waals surface area contributed by atoms with Crippen LogP contribution in [0.2, 0.25) is 0 Å². The molecule has 0 saturated carbocycles. The van der Waals surface area contributed by atoms with Crippen LogP contribution in [0.25, 0.3) is 44.2 Å². The van der Waals surface area contributed by atoms with E-state index in [9.17, 15) is 24.0 Å². The third kappa shape index (κ3) is 6.57. The summed E-state index contributed by atoms with van der Waals surface area (Å²) in [5, 5.41) is 15.2. The van der Waals surface area contributed by atoms with E-state index >= 15 is 0 Å². The van der Waals surface area contributed by atoms with Gasteiger partial charge < -0.3 is 19.7 Å². The number of benzene rings is 3. The fraction of sp³-hybridized carbons (Fsp3) is 0.268. The third-order valence-electron chi connectivity index (χ3n) is 10.0. The molecule has 7 rings (SSSR count). The molecule has 0 bridgehead atoms. The molecule has 0 unspecified atom stereocenters. The maximum absolute atomic E-state index is 13.5. The van der Waals surface area contributed by atoms with E-state index in [0.29, 0.717) is 50.0 Å². The number of aromatic nitrogens is 2. The summed E-state index contributed by atoms with van der Waals surface area (Å²) in [7, 11) is 0. The zero-order valence-electron chi connectivity index (χ0n) is 29.0. The summed E-state index contributed by atoms with van der Waals surface area (Å²) in [6.07, 6.45) is 4.35. The van der Waals surface area contributed by atoms with Crippen molar-refractivity contribution < 1.29 is 29.0 Å². The highest BCUT2D eigenvalue weighted by Crippen LogP contribution is 2.39. The third-order valence-corrected chi connectivity index (χ3v) is 10.0. The molecule has 2 aromatic heterocycles. The molecule has 0 atom stereocenters. The lowest BCUT2D eigenvalue weighted by Gasteiger charge is -2.14. The number of ether oxygens (including phenoxy) is 1. The fourth-order valence-corrected chi connectivity index (χ4v) is 7.27. The number of aryl methyl sites for hydroxylation is 2. The normalized spacial score (nSPS) is 13.2. The quantitative estimate of drug-likeness (QED) is 0.0645. The number of unbranched alkanes of at least 4 members (excludes halogenated alkanes) is 2. The lowest BCUT2D eigenvalue weighted by Crippen LogP contribution is -2.30. The van der Waals surface area contributed by atoms with Gasteiger partial charge in [0.1, 0.15) is 6.61 Å². The van der Waals surface area contributed by atoms with Gasteiger partial charge in [-0.2, -0.15) is 0 Å². The average Bonchev–Trinajstić information content (AvgIpc) is 3.67. The molecule has 3 aromatic carbocycles. The van der Waals surface area contributed by atoms with Gasteiger partial charge in [0.15, 0.2) is 0 Å². The van der Waals surface area contributed by atoms with Gasteiger partial charge >= 0.3 is 6.16 Å². The highest BCUT2D eigenvalue weighted by molar-refractivity contribution is 6.13. The maximum Gasteiger partial charge on any atom is 0.506 e. The number of nitrogens with one attached hydrogen (secondary N) is 1. The SMILES string of the molecule is CCc1c2c(nc3ccc4ccc(-c5ccc(CNC(=O)CCCCCN6C(=O)C=CC6=O)cc5)cc4c13)-c1cc(C)c(COC(=O)O)c(=O)n1C2. The van der Waals surface area contributed by atoms with E-state index in [1.165, 1.54) is 17.1 Å². The average molecular weight is 699 g/mol. The number of carboxylic acid groups (broad SMARTS) is 1.